The van der Waals surface area contributed by atoms with Crippen molar-refractivity contribution in [1.82, 2.24) is 15.1 Å². The van der Waals surface area contributed by atoms with Gasteiger partial charge in [-0.1, -0.05) is 61.8 Å². The molecule has 7 heteroatoms. The zero-order valence-electron chi connectivity index (χ0n) is 17.9. The summed E-state index contributed by atoms with van der Waals surface area (Å²) in [6, 6.07) is 18.8. The van der Waals surface area contributed by atoms with Gasteiger partial charge in [0.05, 0.1) is 11.4 Å². The van der Waals surface area contributed by atoms with E-state index in [9.17, 15) is 9.59 Å². The minimum absolute atomic E-state index is 0.0632. The number of carbonyl (C=O) groups excluding carboxylic acids is 2. The van der Waals surface area contributed by atoms with Crippen molar-refractivity contribution in [1.29, 1.82) is 0 Å². The first-order valence-corrected chi connectivity index (χ1v) is 10.7. The number of halogens is 1. The molecule has 3 aromatic rings. The SMILES string of the molecule is CC(C)C(C)NC(=O)CCC(=O)Nc1cc(-c2ccccc2)nn1-c1cccc(Cl)c1. The van der Waals surface area contributed by atoms with Crippen LogP contribution in [0.4, 0.5) is 5.82 Å². The molecule has 0 spiro atoms. The summed E-state index contributed by atoms with van der Waals surface area (Å²) in [6.45, 7) is 6.04. The second-order valence-electron chi connectivity index (χ2n) is 7.82. The molecule has 0 aliphatic rings. The molecular formula is C24H27ClN4O2. The second-order valence-corrected chi connectivity index (χ2v) is 8.26. The molecule has 3 rings (SSSR count). The molecule has 2 amide bonds. The number of carbonyl (C=O) groups is 2. The number of nitrogens with zero attached hydrogens (tertiary/aromatic N) is 2. The maximum atomic E-state index is 12.6. The lowest BCUT2D eigenvalue weighted by molar-refractivity contribution is -0.125. The lowest BCUT2D eigenvalue weighted by atomic mass is 10.1. The fourth-order valence-electron chi connectivity index (χ4n) is 2.95. The van der Waals surface area contributed by atoms with Gasteiger partial charge in [-0.15, -0.1) is 0 Å². The highest BCUT2D eigenvalue weighted by molar-refractivity contribution is 6.30. The third-order valence-electron chi connectivity index (χ3n) is 5.07. The molecule has 2 N–H and O–H groups in total. The van der Waals surface area contributed by atoms with E-state index in [1.54, 1.807) is 16.8 Å². The van der Waals surface area contributed by atoms with Crippen LogP contribution in [0.2, 0.25) is 5.02 Å². The Kier molecular flexibility index (Phi) is 7.47. The fourth-order valence-corrected chi connectivity index (χ4v) is 3.13. The number of aromatic nitrogens is 2. The molecule has 0 radical (unpaired) electrons. The monoisotopic (exact) mass is 438 g/mol. The molecule has 0 saturated carbocycles. The normalized spacial score (nSPS) is 11.9. The summed E-state index contributed by atoms with van der Waals surface area (Å²) in [4.78, 5) is 24.7. The Bertz CT molecular complexity index is 1050. The topological polar surface area (TPSA) is 76.0 Å². The van der Waals surface area contributed by atoms with E-state index in [2.05, 4.69) is 15.7 Å². The van der Waals surface area contributed by atoms with Gasteiger partial charge in [0, 0.05) is 35.5 Å². The minimum Gasteiger partial charge on any atom is -0.353 e. The van der Waals surface area contributed by atoms with Crippen LogP contribution in [0, 0.1) is 5.92 Å². The molecular weight excluding hydrogens is 412 g/mol. The van der Waals surface area contributed by atoms with Crippen molar-refractivity contribution in [2.75, 3.05) is 5.32 Å². The molecule has 0 bridgehead atoms. The fraction of sp³-hybridized carbons (Fsp3) is 0.292. The predicted molar refractivity (Wildman–Crippen MR) is 124 cm³/mol. The van der Waals surface area contributed by atoms with Gasteiger partial charge in [-0.3, -0.25) is 9.59 Å². The van der Waals surface area contributed by atoms with Crippen LogP contribution in [0.3, 0.4) is 0 Å². The molecule has 1 atom stereocenters. The van der Waals surface area contributed by atoms with Crippen molar-refractivity contribution in [3.05, 3.63) is 65.7 Å². The summed E-state index contributed by atoms with van der Waals surface area (Å²) in [5.41, 5.74) is 2.38. The molecule has 0 aliphatic carbocycles. The number of benzene rings is 2. The minimum atomic E-state index is -0.255. The number of hydrogen-bond donors (Lipinski definition) is 2. The van der Waals surface area contributed by atoms with Gasteiger partial charge in [0.2, 0.25) is 11.8 Å². The van der Waals surface area contributed by atoms with Crippen molar-refractivity contribution in [3.8, 4) is 16.9 Å². The van der Waals surface area contributed by atoms with Gasteiger partial charge in [0.1, 0.15) is 5.82 Å². The summed E-state index contributed by atoms with van der Waals surface area (Å²) >= 11 is 6.15. The quantitative estimate of drug-likeness (QED) is 0.515. The molecule has 1 aromatic heterocycles. The van der Waals surface area contributed by atoms with E-state index in [1.165, 1.54) is 0 Å². The van der Waals surface area contributed by atoms with Crippen LogP contribution in [0.1, 0.15) is 33.6 Å². The van der Waals surface area contributed by atoms with Crippen LogP contribution in [-0.2, 0) is 9.59 Å². The van der Waals surface area contributed by atoms with E-state index in [0.29, 0.717) is 16.8 Å². The van der Waals surface area contributed by atoms with Gasteiger partial charge < -0.3 is 10.6 Å². The third kappa shape index (κ3) is 6.18. The van der Waals surface area contributed by atoms with Crippen molar-refractivity contribution >= 4 is 29.2 Å². The molecule has 0 saturated heterocycles. The first kappa shape index (κ1) is 22.6. The summed E-state index contributed by atoms with van der Waals surface area (Å²) in [6.07, 6.45) is 0.206. The average molecular weight is 439 g/mol. The number of rotatable bonds is 8. The zero-order chi connectivity index (χ0) is 22.4. The molecule has 1 heterocycles. The first-order valence-electron chi connectivity index (χ1n) is 10.3. The standard InChI is InChI=1S/C24H27ClN4O2/c1-16(2)17(3)26-23(30)12-13-24(31)27-22-15-21(18-8-5-4-6-9-18)28-29(22)20-11-7-10-19(25)14-20/h4-11,14-17H,12-13H2,1-3H3,(H,26,30)(H,27,31). The number of hydrogen-bond acceptors (Lipinski definition) is 3. The van der Waals surface area contributed by atoms with E-state index in [4.69, 9.17) is 11.6 Å². The molecule has 0 fully saturated rings. The maximum absolute atomic E-state index is 12.6. The Morgan fingerprint density at radius 1 is 0.968 bits per heavy atom. The lowest BCUT2D eigenvalue weighted by Gasteiger charge is -2.17. The highest BCUT2D eigenvalue weighted by Crippen LogP contribution is 2.26. The number of amides is 2. The second kappa shape index (κ2) is 10.3. The van der Waals surface area contributed by atoms with E-state index in [1.807, 2.05) is 69.3 Å². The maximum Gasteiger partial charge on any atom is 0.226 e. The van der Waals surface area contributed by atoms with Crippen molar-refractivity contribution < 1.29 is 9.59 Å². The molecule has 162 valence electrons. The first-order chi connectivity index (χ1) is 14.8. The zero-order valence-corrected chi connectivity index (χ0v) is 18.7. The van der Waals surface area contributed by atoms with Crippen molar-refractivity contribution in [2.24, 2.45) is 5.92 Å². The average Bonchev–Trinajstić information content (AvgIpc) is 3.16. The molecule has 31 heavy (non-hydrogen) atoms. The van der Waals surface area contributed by atoms with Crippen molar-refractivity contribution in [2.45, 2.75) is 39.7 Å². The van der Waals surface area contributed by atoms with Gasteiger partial charge >= 0.3 is 0 Å². The van der Waals surface area contributed by atoms with Crippen LogP contribution < -0.4 is 10.6 Å². The van der Waals surface area contributed by atoms with E-state index in [-0.39, 0.29) is 30.7 Å². The van der Waals surface area contributed by atoms with Crippen molar-refractivity contribution in [3.63, 3.8) is 0 Å². The summed E-state index contributed by atoms with van der Waals surface area (Å²) < 4.78 is 1.65. The molecule has 0 aliphatic heterocycles. The number of nitrogens with one attached hydrogen (secondary N) is 2. The Morgan fingerprint density at radius 2 is 1.68 bits per heavy atom. The van der Waals surface area contributed by atoms with Gasteiger partial charge in [0.25, 0.3) is 0 Å². The van der Waals surface area contributed by atoms with Crippen LogP contribution in [0.5, 0.6) is 0 Å². The van der Waals surface area contributed by atoms with E-state index in [0.717, 1.165) is 16.9 Å². The summed E-state index contributed by atoms with van der Waals surface area (Å²) in [5.74, 6) is 0.461. The molecule has 6 nitrogen and oxygen atoms in total. The highest BCUT2D eigenvalue weighted by Gasteiger charge is 2.16. The van der Waals surface area contributed by atoms with Crippen LogP contribution in [-0.4, -0.2) is 27.6 Å². The van der Waals surface area contributed by atoms with Gasteiger partial charge in [-0.05, 0) is 31.0 Å². The van der Waals surface area contributed by atoms with Gasteiger partial charge in [0.15, 0.2) is 0 Å². The van der Waals surface area contributed by atoms with Gasteiger partial charge in [-0.2, -0.15) is 5.10 Å². The van der Waals surface area contributed by atoms with Crippen LogP contribution in [0.15, 0.2) is 60.7 Å². The Labute approximate surface area is 187 Å². The van der Waals surface area contributed by atoms with E-state index >= 15 is 0 Å². The third-order valence-corrected chi connectivity index (χ3v) is 5.30. The molecule has 2 aromatic carbocycles. The Morgan fingerprint density at radius 3 is 2.35 bits per heavy atom. The van der Waals surface area contributed by atoms with Crippen LogP contribution >= 0.6 is 11.6 Å². The van der Waals surface area contributed by atoms with Crippen LogP contribution in [0.25, 0.3) is 16.9 Å². The molecule has 1 unspecified atom stereocenters. The Balaban J connectivity index is 1.77. The summed E-state index contributed by atoms with van der Waals surface area (Å²) in [7, 11) is 0. The largest absolute Gasteiger partial charge is 0.353 e. The van der Waals surface area contributed by atoms with E-state index < -0.39 is 0 Å². The number of anilines is 1. The highest BCUT2D eigenvalue weighted by atomic mass is 35.5. The lowest BCUT2D eigenvalue weighted by Crippen LogP contribution is -2.36. The Hall–Kier alpha value is -3.12. The summed E-state index contributed by atoms with van der Waals surface area (Å²) in [5, 5.41) is 11.0. The van der Waals surface area contributed by atoms with Gasteiger partial charge in [-0.25, -0.2) is 4.68 Å². The smallest absolute Gasteiger partial charge is 0.226 e. The predicted octanol–water partition coefficient (Wildman–Crippen LogP) is 5.07.